The third kappa shape index (κ3) is 7.72. The normalized spacial score (nSPS) is 21.0. The van der Waals surface area contributed by atoms with E-state index in [1.54, 1.807) is 17.3 Å². The first kappa shape index (κ1) is 30.5. The van der Waals surface area contributed by atoms with Gasteiger partial charge in [0.2, 0.25) is 5.91 Å². The Morgan fingerprint density at radius 1 is 1.16 bits per heavy atom. The van der Waals surface area contributed by atoms with Crippen LogP contribution in [0.25, 0.3) is 0 Å². The second-order valence-corrected chi connectivity index (χ2v) is 12.0. The van der Waals surface area contributed by atoms with Crippen LogP contribution in [-0.2, 0) is 24.2 Å². The van der Waals surface area contributed by atoms with Crippen LogP contribution in [0.1, 0.15) is 55.0 Å². The van der Waals surface area contributed by atoms with Gasteiger partial charge in [0.25, 0.3) is 0 Å². The molecule has 0 fully saturated rings. The number of fused-ring (bicyclic) bond motifs is 2. The highest BCUT2D eigenvalue weighted by Gasteiger charge is 2.31. The number of carbonyl (C=O) groups is 2. The highest BCUT2D eigenvalue weighted by atomic mass is 16.5. The highest BCUT2D eigenvalue weighted by molar-refractivity contribution is 5.90. The molecular weight excluding hydrogens is 542 g/mol. The smallest absolute Gasteiger partial charge is 0.319 e. The molecule has 1 aliphatic heterocycles. The number of rotatable bonds is 8. The second-order valence-electron chi connectivity index (χ2n) is 12.0. The zero-order valence-electron chi connectivity index (χ0n) is 25.3. The van der Waals surface area contributed by atoms with E-state index in [0.717, 1.165) is 31.4 Å². The Labute approximate surface area is 254 Å². The molecule has 0 spiro atoms. The fourth-order valence-corrected chi connectivity index (χ4v) is 6.13. The molecule has 43 heavy (non-hydrogen) atoms. The number of aryl methyl sites for hydroxylation is 1. The van der Waals surface area contributed by atoms with Crippen molar-refractivity contribution >= 4 is 17.6 Å². The van der Waals surface area contributed by atoms with E-state index in [-0.39, 0.29) is 49.1 Å². The lowest BCUT2D eigenvalue weighted by atomic mass is 9.88. The SMILES string of the molecule is CC1CN([C@@H](C)CO)C(=O)Cc2cc(NC(=O)NC3CCCc4ccccc43)ccc2O[C@H]1CN(C)Cc1ccncc1. The van der Waals surface area contributed by atoms with Gasteiger partial charge in [-0.05, 0) is 80.3 Å². The molecule has 0 saturated carbocycles. The van der Waals surface area contributed by atoms with Crippen LogP contribution in [0.2, 0.25) is 0 Å². The molecule has 0 radical (unpaired) electrons. The van der Waals surface area contributed by atoms with Crippen molar-refractivity contribution < 1.29 is 19.4 Å². The molecule has 228 valence electrons. The number of nitrogens with zero attached hydrogens (tertiary/aromatic N) is 3. The molecule has 1 aliphatic carbocycles. The predicted molar refractivity (Wildman–Crippen MR) is 167 cm³/mol. The van der Waals surface area contributed by atoms with Crippen molar-refractivity contribution in [3.8, 4) is 5.75 Å². The number of amides is 3. The summed E-state index contributed by atoms with van der Waals surface area (Å²) in [4.78, 5) is 34.7. The minimum atomic E-state index is -0.322. The highest BCUT2D eigenvalue weighted by Crippen LogP contribution is 2.31. The molecule has 9 nitrogen and oxygen atoms in total. The molecule has 2 aromatic carbocycles. The van der Waals surface area contributed by atoms with Gasteiger partial charge in [0.1, 0.15) is 11.9 Å². The van der Waals surface area contributed by atoms with Gasteiger partial charge in [0.15, 0.2) is 0 Å². The van der Waals surface area contributed by atoms with Gasteiger partial charge in [0, 0.05) is 49.2 Å². The zero-order chi connectivity index (χ0) is 30.3. The minimum absolute atomic E-state index is 0.00532. The number of benzene rings is 2. The van der Waals surface area contributed by atoms with E-state index >= 15 is 0 Å². The van der Waals surface area contributed by atoms with Gasteiger partial charge in [-0.2, -0.15) is 0 Å². The zero-order valence-corrected chi connectivity index (χ0v) is 25.3. The Balaban J connectivity index is 1.34. The molecule has 1 aromatic heterocycles. The average Bonchev–Trinajstić information content (AvgIpc) is 3.04. The van der Waals surface area contributed by atoms with Crippen LogP contribution >= 0.6 is 0 Å². The van der Waals surface area contributed by atoms with Crippen LogP contribution < -0.4 is 15.4 Å². The summed E-state index contributed by atoms with van der Waals surface area (Å²) in [5.41, 5.74) is 4.91. The van der Waals surface area contributed by atoms with Crippen molar-refractivity contribution in [1.29, 1.82) is 0 Å². The van der Waals surface area contributed by atoms with Gasteiger partial charge in [-0.3, -0.25) is 14.7 Å². The van der Waals surface area contributed by atoms with E-state index in [4.69, 9.17) is 4.74 Å². The topological polar surface area (TPSA) is 107 Å². The van der Waals surface area contributed by atoms with Gasteiger partial charge in [-0.1, -0.05) is 31.2 Å². The van der Waals surface area contributed by atoms with Crippen LogP contribution in [0.4, 0.5) is 10.5 Å². The number of ether oxygens (including phenoxy) is 1. The number of aliphatic hydroxyl groups is 1. The van der Waals surface area contributed by atoms with Crippen LogP contribution in [-0.4, -0.2) is 70.7 Å². The summed E-state index contributed by atoms with van der Waals surface area (Å²) in [6.07, 6.45) is 6.43. The Morgan fingerprint density at radius 3 is 2.74 bits per heavy atom. The molecule has 0 saturated heterocycles. The first-order valence-electron chi connectivity index (χ1n) is 15.2. The Kier molecular flexibility index (Phi) is 9.94. The predicted octanol–water partition coefficient (Wildman–Crippen LogP) is 4.56. The van der Waals surface area contributed by atoms with Crippen molar-refractivity contribution in [2.45, 2.75) is 64.3 Å². The summed E-state index contributed by atoms with van der Waals surface area (Å²) in [5.74, 6) is 0.559. The molecule has 3 amide bonds. The molecule has 4 atom stereocenters. The number of urea groups is 1. The number of anilines is 1. The monoisotopic (exact) mass is 585 g/mol. The summed E-state index contributed by atoms with van der Waals surface area (Å²) in [6, 6.07) is 17.1. The second kappa shape index (κ2) is 14.0. The van der Waals surface area contributed by atoms with Crippen molar-refractivity contribution in [1.82, 2.24) is 20.1 Å². The quantitative estimate of drug-likeness (QED) is 0.358. The lowest BCUT2D eigenvalue weighted by Gasteiger charge is -2.34. The van der Waals surface area contributed by atoms with Crippen LogP contribution in [0.15, 0.2) is 67.0 Å². The molecule has 2 unspecified atom stereocenters. The van der Waals surface area contributed by atoms with Gasteiger partial charge >= 0.3 is 6.03 Å². The van der Waals surface area contributed by atoms with E-state index < -0.39 is 0 Å². The number of likely N-dealkylation sites (N-methyl/N-ethyl adjacent to an activating group) is 1. The van der Waals surface area contributed by atoms with Crippen molar-refractivity contribution in [2.75, 3.05) is 32.1 Å². The van der Waals surface area contributed by atoms with Crippen LogP contribution in [0.3, 0.4) is 0 Å². The maximum Gasteiger partial charge on any atom is 0.319 e. The molecular formula is C34H43N5O4. The number of aliphatic hydroxyl groups excluding tert-OH is 1. The van der Waals surface area contributed by atoms with E-state index in [1.807, 2.05) is 49.4 Å². The molecule has 9 heteroatoms. The lowest BCUT2D eigenvalue weighted by molar-refractivity contribution is -0.134. The average molecular weight is 586 g/mol. The minimum Gasteiger partial charge on any atom is -0.488 e. The first-order chi connectivity index (χ1) is 20.8. The maximum absolute atomic E-state index is 13.6. The third-order valence-electron chi connectivity index (χ3n) is 8.54. The molecule has 3 aromatic rings. The van der Waals surface area contributed by atoms with Gasteiger partial charge in [-0.25, -0.2) is 4.79 Å². The summed E-state index contributed by atoms with van der Waals surface area (Å²) in [6.45, 7) is 5.68. The Bertz CT molecular complexity index is 1400. The van der Waals surface area contributed by atoms with Crippen molar-refractivity contribution in [2.24, 2.45) is 5.92 Å². The summed E-state index contributed by atoms with van der Waals surface area (Å²) < 4.78 is 6.64. The Morgan fingerprint density at radius 2 is 1.95 bits per heavy atom. The molecule has 5 rings (SSSR count). The number of aromatic nitrogens is 1. The van der Waals surface area contributed by atoms with Crippen molar-refractivity contribution in [3.63, 3.8) is 0 Å². The standard InChI is InChI=1S/C34H43N5O4/c1-23-19-39(24(2)22-40)33(41)18-27-17-28(36-34(42)37-30-10-6-8-26-7-4-5-9-29(26)30)11-12-31(27)43-32(23)21-38(3)20-25-13-15-35-16-14-25/h4-5,7,9,11-17,23-24,30,32,40H,6,8,10,18-22H2,1-3H3,(H2,36,37,42)/t23?,24-,30?,32-/m0/s1. The Hall–Kier alpha value is -3.95. The van der Waals surface area contributed by atoms with Crippen LogP contribution in [0.5, 0.6) is 5.75 Å². The van der Waals surface area contributed by atoms with E-state index in [9.17, 15) is 14.7 Å². The van der Waals surface area contributed by atoms with Gasteiger partial charge in [0.05, 0.1) is 25.1 Å². The summed E-state index contributed by atoms with van der Waals surface area (Å²) >= 11 is 0. The summed E-state index contributed by atoms with van der Waals surface area (Å²) in [7, 11) is 2.06. The number of hydrogen-bond donors (Lipinski definition) is 3. The lowest BCUT2D eigenvalue weighted by Crippen LogP contribution is -2.47. The number of pyridine rings is 1. The van der Waals surface area contributed by atoms with E-state index in [1.165, 1.54) is 11.1 Å². The number of carbonyl (C=O) groups excluding carboxylic acids is 2. The largest absolute Gasteiger partial charge is 0.488 e. The fraction of sp³-hybridized carbons (Fsp3) is 0.441. The van der Waals surface area contributed by atoms with Crippen molar-refractivity contribution in [3.05, 3.63) is 89.2 Å². The van der Waals surface area contributed by atoms with E-state index in [0.29, 0.717) is 30.1 Å². The van der Waals surface area contributed by atoms with Gasteiger partial charge < -0.3 is 25.4 Å². The van der Waals surface area contributed by atoms with Crippen LogP contribution in [0, 0.1) is 5.92 Å². The maximum atomic E-state index is 13.6. The number of nitrogens with one attached hydrogen (secondary N) is 2. The molecule has 3 N–H and O–H groups in total. The first-order valence-corrected chi connectivity index (χ1v) is 15.2. The summed E-state index contributed by atoms with van der Waals surface area (Å²) in [5, 5.41) is 16.1. The molecule has 2 heterocycles. The van der Waals surface area contributed by atoms with E-state index in [2.05, 4.69) is 46.6 Å². The van der Waals surface area contributed by atoms with Gasteiger partial charge in [-0.15, -0.1) is 0 Å². The molecule has 2 aliphatic rings. The fourth-order valence-electron chi connectivity index (χ4n) is 6.13. The number of hydrogen-bond acceptors (Lipinski definition) is 6. The third-order valence-corrected chi connectivity index (χ3v) is 8.54. The molecule has 0 bridgehead atoms.